The van der Waals surface area contributed by atoms with Crippen LogP contribution in [-0.2, 0) is 4.79 Å². The van der Waals surface area contributed by atoms with Crippen LogP contribution in [0, 0.1) is 12.8 Å². The molecule has 0 aliphatic carbocycles. The van der Waals surface area contributed by atoms with E-state index in [-0.39, 0.29) is 28.5 Å². The van der Waals surface area contributed by atoms with Gasteiger partial charge in [0.2, 0.25) is 0 Å². The average Bonchev–Trinajstić information content (AvgIpc) is 2.92. The van der Waals surface area contributed by atoms with E-state index in [4.69, 9.17) is 5.11 Å². The summed E-state index contributed by atoms with van der Waals surface area (Å²) in [4.78, 5) is 24.0. The van der Waals surface area contributed by atoms with Gasteiger partial charge in [-0.25, -0.2) is 8.78 Å². The van der Waals surface area contributed by atoms with Crippen LogP contribution in [0.25, 0.3) is 5.57 Å². The number of allylic oxidation sites excluding steroid dienone is 7. The predicted molar refractivity (Wildman–Crippen MR) is 155 cm³/mol. The molecule has 1 aromatic rings. The second-order valence-electron chi connectivity index (χ2n) is 7.74. The van der Waals surface area contributed by atoms with Gasteiger partial charge in [-0.3, -0.25) is 9.59 Å². The van der Waals surface area contributed by atoms with Gasteiger partial charge < -0.3 is 10.4 Å². The molecule has 1 rings (SSSR count). The fraction of sp³-hybridized carbons (Fsp3) is 0.419. The second kappa shape index (κ2) is 21.0. The lowest BCUT2D eigenvalue weighted by atomic mass is 9.85. The highest BCUT2D eigenvalue weighted by molar-refractivity contribution is 6.00. The van der Waals surface area contributed by atoms with Crippen LogP contribution >= 0.6 is 0 Å². The van der Waals surface area contributed by atoms with E-state index in [2.05, 4.69) is 11.9 Å². The quantitative estimate of drug-likeness (QED) is 0.206. The standard InChI is InChI=1S/C26H31F2NO2.2C2H6.CH4O/c1-15(2)23(24(26(31)29-8)19(6)16(3)9-11-18(5)27)25(28)20(7)22-13-21(14-30)12-10-17(22)4;3*1-2/h9-15H,7H2,1-6,8H3,(H,29,31);2*1-2H3;2H,1H3/b16-9+,18-11+,24-19-,25-23-;;;. The van der Waals surface area contributed by atoms with E-state index >= 15 is 4.39 Å². The lowest BCUT2D eigenvalue weighted by Crippen LogP contribution is -2.24. The Hall–Kier alpha value is -3.12. The normalized spacial score (nSPS) is 12.3. The third kappa shape index (κ3) is 12.1. The van der Waals surface area contributed by atoms with Crippen molar-refractivity contribution in [3.8, 4) is 0 Å². The Balaban J connectivity index is -0.00000179. The molecular formula is C31H47F2NO3. The monoisotopic (exact) mass is 519 g/mol. The van der Waals surface area contributed by atoms with Crippen LogP contribution in [0.15, 0.2) is 70.9 Å². The first-order valence-electron chi connectivity index (χ1n) is 12.5. The van der Waals surface area contributed by atoms with Crippen molar-refractivity contribution in [3.05, 3.63) is 87.6 Å². The Morgan fingerprint density at radius 2 is 1.54 bits per heavy atom. The summed E-state index contributed by atoms with van der Waals surface area (Å²) >= 11 is 0. The number of amides is 1. The molecule has 0 heterocycles. The van der Waals surface area contributed by atoms with Crippen molar-refractivity contribution in [2.45, 2.75) is 69.2 Å². The Morgan fingerprint density at radius 1 is 1.03 bits per heavy atom. The zero-order valence-corrected chi connectivity index (χ0v) is 24.8. The molecule has 0 saturated heterocycles. The van der Waals surface area contributed by atoms with E-state index in [1.807, 2.05) is 27.7 Å². The van der Waals surface area contributed by atoms with Crippen molar-refractivity contribution in [3.63, 3.8) is 0 Å². The van der Waals surface area contributed by atoms with Crippen molar-refractivity contribution < 1.29 is 23.5 Å². The predicted octanol–water partition coefficient (Wildman–Crippen LogP) is 8.24. The summed E-state index contributed by atoms with van der Waals surface area (Å²) in [6, 6.07) is 4.96. The number of carbonyl (C=O) groups is 2. The van der Waals surface area contributed by atoms with Gasteiger partial charge in [-0.1, -0.05) is 66.3 Å². The topological polar surface area (TPSA) is 66.4 Å². The van der Waals surface area contributed by atoms with Crippen LogP contribution in [0.4, 0.5) is 8.78 Å². The molecule has 0 spiro atoms. The molecule has 4 nitrogen and oxygen atoms in total. The minimum absolute atomic E-state index is 0.0974. The lowest BCUT2D eigenvalue weighted by Gasteiger charge is -2.21. The molecule has 0 aromatic heterocycles. The average molecular weight is 520 g/mol. The molecule has 0 radical (unpaired) electrons. The number of aldehydes is 1. The minimum Gasteiger partial charge on any atom is -0.400 e. The number of carbonyl (C=O) groups excluding carboxylic acids is 2. The zero-order chi connectivity index (χ0) is 29.9. The lowest BCUT2D eigenvalue weighted by molar-refractivity contribution is -0.116. The SMILES string of the molecule is C=C(/C(F)=C(/C(C(=O)NC)=C(C)/C(C)=C/C=C(\C)F)C(C)C)c1cc(C=O)ccc1C.CC.CC.CO. The maximum Gasteiger partial charge on any atom is 0.251 e. The fourth-order valence-electron chi connectivity index (χ4n) is 3.15. The van der Waals surface area contributed by atoms with Crippen LogP contribution in [0.3, 0.4) is 0 Å². The summed E-state index contributed by atoms with van der Waals surface area (Å²) in [5, 5.41) is 9.57. The number of benzene rings is 1. The number of aliphatic hydroxyl groups is 1. The number of hydrogen-bond donors (Lipinski definition) is 2. The highest BCUT2D eigenvalue weighted by atomic mass is 19.1. The summed E-state index contributed by atoms with van der Waals surface area (Å²) in [6.45, 7) is 22.1. The van der Waals surface area contributed by atoms with Crippen LogP contribution < -0.4 is 5.32 Å². The van der Waals surface area contributed by atoms with Gasteiger partial charge >= 0.3 is 0 Å². The second-order valence-corrected chi connectivity index (χ2v) is 7.74. The minimum atomic E-state index is -0.621. The molecular weight excluding hydrogens is 472 g/mol. The molecule has 0 fully saturated rings. The number of nitrogens with one attached hydrogen (secondary N) is 1. The molecule has 0 unspecified atom stereocenters. The van der Waals surface area contributed by atoms with E-state index < -0.39 is 11.7 Å². The van der Waals surface area contributed by atoms with Crippen molar-refractivity contribution in [2.75, 3.05) is 14.2 Å². The first kappa shape index (κ1) is 38.4. The van der Waals surface area contributed by atoms with E-state index in [9.17, 15) is 14.0 Å². The number of hydrogen-bond acceptors (Lipinski definition) is 3. The molecule has 0 bridgehead atoms. The molecule has 1 aromatic carbocycles. The molecule has 208 valence electrons. The number of aryl methyl sites for hydroxylation is 1. The van der Waals surface area contributed by atoms with Crippen molar-refractivity contribution in [1.82, 2.24) is 5.32 Å². The van der Waals surface area contributed by atoms with E-state index in [0.29, 0.717) is 28.6 Å². The van der Waals surface area contributed by atoms with Crippen molar-refractivity contribution in [1.29, 1.82) is 0 Å². The van der Waals surface area contributed by atoms with Crippen molar-refractivity contribution in [2.24, 2.45) is 5.92 Å². The van der Waals surface area contributed by atoms with Crippen LogP contribution in [0.1, 0.15) is 83.8 Å². The summed E-state index contributed by atoms with van der Waals surface area (Å²) in [5.74, 6) is -1.79. The van der Waals surface area contributed by atoms with Crippen LogP contribution in [-0.4, -0.2) is 31.5 Å². The van der Waals surface area contributed by atoms with Gasteiger partial charge in [0.25, 0.3) is 5.91 Å². The Morgan fingerprint density at radius 3 is 1.95 bits per heavy atom. The molecule has 0 atom stereocenters. The maximum atomic E-state index is 15.9. The van der Waals surface area contributed by atoms with Crippen molar-refractivity contribution >= 4 is 17.8 Å². The fourth-order valence-corrected chi connectivity index (χ4v) is 3.15. The molecule has 0 saturated carbocycles. The summed E-state index contributed by atoms with van der Waals surface area (Å²) < 4.78 is 29.1. The Kier molecular flexibility index (Phi) is 21.8. The zero-order valence-electron chi connectivity index (χ0n) is 24.8. The smallest absolute Gasteiger partial charge is 0.251 e. The number of likely N-dealkylation sites (N-methyl/N-ethyl adjacent to an activating group) is 1. The van der Waals surface area contributed by atoms with Gasteiger partial charge in [0.1, 0.15) is 12.1 Å². The van der Waals surface area contributed by atoms with Gasteiger partial charge in [-0.15, -0.1) is 0 Å². The molecule has 6 heteroatoms. The van der Waals surface area contributed by atoms with Gasteiger partial charge in [0.05, 0.1) is 5.83 Å². The third-order valence-corrected chi connectivity index (χ3v) is 5.05. The van der Waals surface area contributed by atoms with E-state index in [1.54, 1.807) is 58.9 Å². The Labute approximate surface area is 223 Å². The molecule has 1 amide bonds. The molecule has 37 heavy (non-hydrogen) atoms. The highest BCUT2D eigenvalue weighted by Gasteiger charge is 2.26. The van der Waals surface area contributed by atoms with E-state index in [1.165, 1.54) is 20.0 Å². The summed E-state index contributed by atoms with van der Waals surface area (Å²) in [5.41, 5.74) is 3.30. The number of halogens is 2. The maximum absolute atomic E-state index is 15.9. The van der Waals surface area contributed by atoms with Gasteiger partial charge in [-0.05, 0) is 68.0 Å². The molecule has 2 N–H and O–H groups in total. The summed E-state index contributed by atoms with van der Waals surface area (Å²) in [6.07, 6.45) is 3.54. The highest BCUT2D eigenvalue weighted by Crippen LogP contribution is 2.36. The van der Waals surface area contributed by atoms with Gasteiger partial charge in [0.15, 0.2) is 0 Å². The first-order valence-corrected chi connectivity index (χ1v) is 12.5. The van der Waals surface area contributed by atoms with Crippen LogP contribution in [0.2, 0.25) is 0 Å². The van der Waals surface area contributed by atoms with Crippen LogP contribution in [0.5, 0.6) is 0 Å². The Bertz CT molecular complexity index is 1010. The summed E-state index contributed by atoms with van der Waals surface area (Å²) in [7, 11) is 2.47. The number of rotatable bonds is 8. The van der Waals surface area contributed by atoms with E-state index in [0.717, 1.165) is 12.7 Å². The van der Waals surface area contributed by atoms with Gasteiger partial charge in [-0.2, -0.15) is 0 Å². The molecule has 0 aliphatic heterocycles. The number of aliphatic hydroxyl groups excluding tert-OH is 1. The third-order valence-electron chi connectivity index (χ3n) is 5.05. The first-order chi connectivity index (χ1) is 17.5. The largest absolute Gasteiger partial charge is 0.400 e. The molecule has 0 aliphatic rings. The van der Waals surface area contributed by atoms with Gasteiger partial charge in [0, 0.05) is 36.4 Å².